The normalized spacial score (nSPS) is 17.8. The Morgan fingerprint density at radius 2 is 1.73 bits per heavy atom. The fourth-order valence-corrected chi connectivity index (χ4v) is 2.94. The number of nitrogens with zero attached hydrogens (tertiary/aromatic N) is 2. The summed E-state index contributed by atoms with van der Waals surface area (Å²) in [7, 11) is 0. The number of halogens is 1. The highest BCUT2D eigenvalue weighted by atomic mass is 19.1. The number of carbonyl (C=O) groups excluding carboxylic acids is 2. The molecule has 26 heavy (non-hydrogen) atoms. The molecule has 0 spiro atoms. The largest absolute Gasteiger partial charge is 0.344 e. The number of hydrogen-bond acceptors (Lipinski definition) is 4. The van der Waals surface area contributed by atoms with Crippen LogP contribution in [0.15, 0.2) is 24.3 Å². The van der Waals surface area contributed by atoms with E-state index < -0.39 is 0 Å². The molecule has 7 heteroatoms. The van der Waals surface area contributed by atoms with Gasteiger partial charge in [0, 0.05) is 31.9 Å². The SMILES string of the molecule is C#CCNC(=O)C(C)N1CCN(C(C)C(=O)Nc2cccc(F)c2)CC1. The highest BCUT2D eigenvalue weighted by Gasteiger charge is 2.29. The Hall–Kier alpha value is -2.43. The number of amides is 2. The van der Waals surface area contributed by atoms with E-state index in [1.807, 2.05) is 13.8 Å². The number of terminal acetylenes is 1. The van der Waals surface area contributed by atoms with Crippen molar-refractivity contribution in [2.24, 2.45) is 0 Å². The smallest absolute Gasteiger partial charge is 0.241 e. The molecule has 140 valence electrons. The van der Waals surface area contributed by atoms with Crippen LogP contribution in [0.5, 0.6) is 0 Å². The Balaban J connectivity index is 1.83. The van der Waals surface area contributed by atoms with Gasteiger partial charge in [-0.1, -0.05) is 12.0 Å². The van der Waals surface area contributed by atoms with Gasteiger partial charge in [0.05, 0.1) is 18.6 Å². The summed E-state index contributed by atoms with van der Waals surface area (Å²) >= 11 is 0. The van der Waals surface area contributed by atoms with Crippen LogP contribution >= 0.6 is 0 Å². The molecule has 6 nitrogen and oxygen atoms in total. The molecule has 1 saturated heterocycles. The van der Waals surface area contributed by atoms with Crippen LogP contribution < -0.4 is 10.6 Å². The van der Waals surface area contributed by atoms with Crippen molar-refractivity contribution in [2.45, 2.75) is 25.9 Å². The maximum absolute atomic E-state index is 13.2. The van der Waals surface area contributed by atoms with Gasteiger partial charge in [0.1, 0.15) is 5.82 Å². The first-order chi connectivity index (χ1) is 12.4. The first kappa shape index (κ1) is 19.9. The average molecular weight is 360 g/mol. The monoisotopic (exact) mass is 360 g/mol. The topological polar surface area (TPSA) is 64.7 Å². The standard InChI is InChI=1S/C19H25FN4O2/c1-4-8-21-18(25)14(2)23-9-11-24(12-10-23)15(3)19(26)22-17-7-5-6-16(20)13-17/h1,5-7,13-15H,8-12H2,2-3H3,(H,21,25)(H,22,26). The zero-order valence-electron chi connectivity index (χ0n) is 15.2. The number of hydrogen-bond donors (Lipinski definition) is 2. The Morgan fingerprint density at radius 1 is 1.15 bits per heavy atom. The highest BCUT2D eigenvalue weighted by molar-refractivity contribution is 5.94. The Bertz CT molecular complexity index is 680. The predicted octanol–water partition coefficient (Wildman–Crippen LogP) is 0.908. The first-order valence-corrected chi connectivity index (χ1v) is 8.68. The number of rotatable bonds is 6. The molecule has 1 aromatic rings. The highest BCUT2D eigenvalue weighted by Crippen LogP contribution is 2.13. The summed E-state index contributed by atoms with van der Waals surface area (Å²) in [6, 6.07) is 5.23. The molecule has 2 amide bonds. The van der Waals surface area contributed by atoms with Gasteiger partial charge in [0.15, 0.2) is 0 Å². The molecule has 1 fully saturated rings. The minimum atomic E-state index is -0.388. The van der Waals surface area contributed by atoms with Gasteiger partial charge in [0.2, 0.25) is 11.8 Å². The molecular formula is C19H25FN4O2. The number of benzene rings is 1. The van der Waals surface area contributed by atoms with Crippen LogP contribution in [0, 0.1) is 18.2 Å². The first-order valence-electron chi connectivity index (χ1n) is 8.68. The second-order valence-electron chi connectivity index (χ2n) is 6.35. The van der Waals surface area contributed by atoms with E-state index in [-0.39, 0.29) is 36.3 Å². The third kappa shape index (κ3) is 5.28. The summed E-state index contributed by atoms with van der Waals surface area (Å²) in [5.74, 6) is 1.73. The summed E-state index contributed by atoms with van der Waals surface area (Å²) in [6.07, 6.45) is 5.16. The summed E-state index contributed by atoms with van der Waals surface area (Å²) in [5.41, 5.74) is 0.444. The molecular weight excluding hydrogens is 335 g/mol. The molecule has 1 heterocycles. The van der Waals surface area contributed by atoms with Crippen molar-refractivity contribution in [3.63, 3.8) is 0 Å². The maximum atomic E-state index is 13.2. The van der Waals surface area contributed by atoms with Crippen molar-refractivity contribution in [3.8, 4) is 12.3 Å². The van der Waals surface area contributed by atoms with Gasteiger partial charge in [-0.25, -0.2) is 4.39 Å². The van der Waals surface area contributed by atoms with Gasteiger partial charge in [-0.15, -0.1) is 6.42 Å². The van der Waals surface area contributed by atoms with E-state index >= 15 is 0 Å². The quantitative estimate of drug-likeness (QED) is 0.740. The van der Waals surface area contributed by atoms with E-state index in [0.29, 0.717) is 31.9 Å². The zero-order chi connectivity index (χ0) is 19.1. The average Bonchev–Trinajstić information content (AvgIpc) is 2.65. The van der Waals surface area contributed by atoms with Gasteiger partial charge in [-0.3, -0.25) is 19.4 Å². The minimum absolute atomic E-state index is 0.0895. The van der Waals surface area contributed by atoms with E-state index in [4.69, 9.17) is 6.42 Å². The van der Waals surface area contributed by atoms with Crippen LogP contribution in [-0.2, 0) is 9.59 Å². The molecule has 0 radical (unpaired) electrons. The molecule has 0 aromatic heterocycles. The maximum Gasteiger partial charge on any atom is 0.241 e. The van der Waals surface area contributed by atoms with Crippen LogP contribution in [-0.4, -0.2) is 66.4 Å². The van der Waals surface area contributed by atoms with Crippen LogP contribution in [0.3, 0.4) is 0 Å². The summed E-state index contributed by atoms with van der Waals surface area (Å²) in [5, 5.41) is 5.43. The molecule has 0 bridgehead atoms. The zero-order valence-corrected chi connectivity index (χ0v) is 15.2. The Morgan fingerprint density at radius 3 is 2.27 bits per heavy atom. The lowest BCUT2D eigenvalue weighted by molar-refractivity contribution is -0.127. The van der Waals surface area contributed by atoms with Gasteiger partial charge in [-0.2, -0.15) is 0 Å². The molecule has 2 N–H and O–H groups in total. The summed E-state index contributed by atoms with van der Waals surface area (Å²) in [6.45, 7) is 6.61. The van der Waals surface area contributed by atoms with Gasteiger partial charge in [0.25, 0.3) is 0 Å². The lowest BCUT2D eigenvalue weighted by Gasteiger charge is -2.39. The van der Waals surface area contributed by atoms with E-state index in [0.717, 1.165) is 0 Å². The van der Waals surface area contributed by atoms with E-state index in [2.05, 4.69) is 26.4 Å². The third-order valence-corrected chi connectivity index (χ3v) is 4.66. The summed E-state index contributed by atoms with van der Waals surface area (Å²) in [4.78, 5) is 28.5. The van der Waals surface area contributed by atoms with Crippen molar-refractivity contribution in [1.82, 2.24) is 15.1 Å². The van der Waals surface area contributed by atoms with Crippen molar-refractivity contribution in [2.75, 3.05) is 38.0 Å². The second-order valence-corrected chi connectivity index (χ2v) is 6.35. The predicted molar refractivity (Wildman–Crippen MR) is 98.9 cm³/mol. The molecule has 0 aliphatic carbocycles. The van der Waals surface area contributed by atoms with E-state index in [9.17, 15) is 14.0 Å². The molecule has 2 atom stereocenters. The molecule has 2 unspecified atom stereocenters. The molecule has 1 aromatic carbocycles. The van der Waals surface area contributed by atoms with E-state index in [1.165, 1.54) is 12.1 Å². The lowest BCUT2D eigenvalue weighted by atomic mass is 10.1. The number of piperazine rings is 1. The number of carbonyl (C=O) groups is 2. The second kappa shape index (κ2) is 9.32. The van der Waals surface area contributed by atoms with Crippen LogP contribution in [0.4, 0.5) is 10.1 Å². The number of anilines is 1. The third-order valence-electron chi connectivity index (χ3n) is 4.66. The fraction of sp³-hybridized carbons (Fsp3) is 0.474. The fourth-order valence-electron chi connectivity index (χ4n) is 2.94. The van der Waals surface area contributed by atoms with Crippen molar-refractivity contribution >= 4 is 17.5 Å². The molecule has 0 saturated carbocycles. The van der Waals surface area contributed by atoms with Crippen molar-refractivity contribution < 1.29 is 14.0 Å². The molecule has 1 aliphatic rings. The van der Waals surface area contributed by atoms with Gasteiger partial charge < -0.3 is 10.6 Å². The van der Waals surface area contributed by atoms with Crippen LogP contribution in [0.2, 0.25) is 0 Å². The van der Waals surface area contributed by atoms with Crippen molar-refractivity contribution in [1.29, 1.82) is 0 Å². The van der Waals surface area contributed by atoms with Crippen molar-refractivity contribution in [3.05, 3.63) is 30.1 Å². The van der Waals surface area contributed by atoms with Gasteiger partial charge >= 0.3 is 0 Å². The molecule has 1 aliphatic heterocycles. The number of nitrogens with one attached hydrogen (secondary N) is 2. The van der Waals surface area contributed by atoms with Crippen LogP contribution in [0.1, 0.15) is 13.8 Å². The minimum Gasteiger partial charge on any atom is -0.344 e. The lowest BCUT2D eigenvalue weighted by Crippen LogP contribution is -2.57. The Kier molecular flexibility index (Phi) is 7.13. The Labute approximate surface area is 153 Å². The summed E-state index contributed by atoms with van der Waals surface area (Å²) < 4.78 is 13.2. The molecule has 2 rings (SSSR count). The van der Waals surface area contributed by atoms with Gasteiger partial charge in [-0.05, 0) is 32.0 Å². The van der Waals surface area contributed by atoms with E-state index in [1.54, 1.807) is 12.1 Å². The van der Waals surface area contributed by atoms with Crippen LogP contribution in [0.25, 0.3) is 0 Å².